The third-order valence-electron chi connectivity index (χ3n) is 4.36. The molecule has 1 saturated carbocycles. The second kappa shape index (κ2) is 4.28. The number of aromatic nitrogens is 4. The molecule has 1 aliphatic carbocycles. The van der Waals surface area contributed by atoms with E-state index in [2.05, 4.69) is 25.9 Å². The van der Waals surface area contributed by atoms with E-state index >= 15 is 0 Å². The van der Waals surface area contributed by atoms with Crippen LogP contribution < -0.4 is 10.6 Å². The molecule has 6 heteroatoms. The number of hydrogen-bond donors (Lipinski definition) is 2. The normalized spacial score (nSPS) is 27.4. The maximum Gasteiger partial charge on any atom is 0.148 e. The lowest BCUT2D eigenvalue weighted by atomic mass is 10.2. The highest BCUT2D eigenvalue weighted by Gasteiger charge is 2.53. The van der Waals surface area contributed by atoms with Crippen molar-refractivity contribution in [1.29, 1.82) is 0 Å². The molecule has 0 radical (unpaired) electrons. The van der Waals surface area contributed by atoms with Gasteiger partial charge in [-0.25, -0.2) is 0 Å². The van der Waals surface area contributed by atoms with Crippen molar-refractivity contribution >= 4 is 5.82 Å². The number of nitrogens with zero attached hydrogens (tertiary/aromatic N) is 4. The van der Waals surface area contributed by atoms with Crippen molar-refractivity contribution in [3.63, 3.8) is 0 Å². The van der Waals surface area contributed by atoms with Crippen LogP contribution in [0.4, 0.5) is 5.82 Å². The zero-order chi connectivity index (χ0) is 13.7. The summed E-state index contributed by atoms with van der Waals surface area (Å²) in [4.78, 5) is 0. The lowest BCUT2D eigenvalue weighted by Gasteiger charge is -2.07. The van der Waals surface area contributed by atoms with Gasteiger partial charge in [-0.15, -0.1) is 10.2 Å². The highest BCUT2D eigenvalue weighted by molar-refractivity contribution is 5.61. The fourth-order valence-corrected chi connectivity index (χ4v) is 3.21. The number of hydrogen-bond acceptors (Lipinski definition) is 5. The Hall–Kier alpha value is -1.95. The van der Waals surface area contributed by atoms with Crippen LogP contribution in [0.5, 0.6) is 0 Å². The summed E-state index contributed by atoms with van der Waals surface area (Å²) in [6.45, 7) is 4.24. The summed E-state index contributed by atoms with van der Waals surface area (Å²) in [7, 11) is 1.92. The van der Waals surface area contributed by atoms with E-state index in [0.29, 0.717) is 6.04 Å². The van der Waals surface area contributed by atoms with E-state index in [1.165, 1.54) is 0 Å². The summed E-state index contributed by atoms with van der Waals surface area (Å²) in [5.41, 5.74) is 2.89. The number of anilines is 1. The van der Waals surface area contributed by atoms with E-state index in [-0.39, 0.29) is 0 Å². The maximum atomic E-state index is 4.33. The van der Waals surface area contributed by atoms with Gasteiger partial charge in [-0.05, 0) is 30.9 Å². The lowest BCUT2D eigenvalue weighted by Crippen LogP contribution is -2.21. The Bertz CT molecular complexity index is 622. The predicted octanol–water partition coefficient (Wildman–Crippen LogP) is 0.815. The maximum absolute atomic E-state index is 4.33. The van der Waals surface area contributed by atoms with Crippen LogP contribution in [0.1, 0.15) is 5.69 Å². The fourth-order valence-electron chi connectivity index (χ4n) is 3.21. The average Bonchev–Trinajstić information content (AvgIpc) is 2.80. The second-order valence-electron chi connectivity index (χ2n) is 5.76. The van der Waals surface area contributed by atoms with E-state index in [1.807, 2.05) is 32.3 Å². The molecule has 20 heavy (non-hydrogen) atoms. The topological polar surface area (TPSA) is 67.7 Å². The molecule has 104 valence electrons. The van der Waals surface area contributed by atoms with Crippen molar-refractivity contribution in [3.05, 3.63) is 24.0 Å². The summed E-state index contributed by atoms with van der Waals surface area (Å²) in [6, 6.07) is 4.60. The van der Waals surface area contributed by atoms with Gasteiger partial charge < -0.3 is 10.6 Å². The lowest BCUT2D eigenvalue weighted by molar-refractivity contribution is 0.694. The first-order chi connectivity index (χ1) is 9.72. The van der Waals surface area contributed by atoms with Gasteiger partial charge in [0.15, 0.2) is 0 Å². The first kappa shape index (κ1) is 11.8. The van der Waals surface area contributed by atoms with Crippen LogP contribution in [0.25, 0.3) is 11.3 Å². The molecule has 2 aromatic rings. The summed E-state index contributed by atoms with van der Waals surface area (Å²) in [5, 5.41) is 19.8. The molecule has 0 aromatic carbocycles. The summed E-state index contributed by atoms with van der Waals surface area (Å²) < 4.78 is 1.80. The summed E-state index contributed by atoms with van der Waals surface area (Å²) in [5.74, 6) is 2.42. The Morgan fingerprint density at radius 3 is 2.65 bits per heavy atom. The van der Waals surface area contributed by atoms with Gasteiger partial charge in [0.05, 0.1) is 11.4 Å². The van der Waals surface area contributed by atoms with Crippen LogP contribution in [0.15, 0.2) is 18.3 Å². The molecule has 0 amide bonds. The SMILES string of the molecule is Cc1nn(C)cc1-c1ccc(NC2[C@H]3CNC[C@@H]23)nn1. The minimum absolute atomic E-state index is 0.580. The van der Waals surface area contributed by atoms with Crippen LogP contribution in [-0.2, 0) is 7.05 Å². The highest BCUT2D eigenvalue weighted by Crippen LogP contribution is 2.43. The van der Waals surface area contributed by atoms with Crippen molar-refractivity contribution in [2.45, 2.75) is 13.0 Å². The van der Waals surface area contributed by atoms with E-state index < -0.39 is 0 Å². The van der Waals surface area contributed by atoms with Crippen LogP contribution in [0, 0.1) is 18.8 Å². The third kappa shape index (κ3) is 1.87. The van der Waals surface area contributed by atoms with Crippen molar-refractivity contribution in [1.82, 2.24) is 25.3 Å². The molecule has 0 spiro atoms. The summed E-state index contributed by atoms with van der Waals surface area (Å²) >= 11 is 0. The molecule has 1 unspecified atom stereocenters. The number of fused-ring (bicyclic) bond motifs is 1. The molecule has 4 rings (SSSR count). The molecule has 3 atom stereocenters. The van der Waals surface area contributed by atoms with Gasteiger partial charge in [0, 0.05) is 37.9 Å². The molecule has 1 saturated heterocycles. The van der Waals surface area contributed by atoms with E-state index in [0.717, 1.165) is 47.7 Å². The number of aryl methyl sites for hydroxylation is 2. The van der Waals surface area contributed by atoms with Gasteiger partial charge in [0.2, 0.25) is 0 Å². The number of rotatable bonds is 3. The van der Waals surface area contributed by atoms with Gasteiger partial charge in [-0.1, -0.05) is 0 Å². The molecule has 6 nitrogen and oxygen atoms in total. The predicted molar refractivity (Wildman–Crippen MR) is 76.2 cm³/mol. The van der Waals surface area contributed by atoms with Gasteiger partial charge in [0.25, 0.3) is 0 Å². The average molecular weight is 270 g/mol. The van der Waals surface area contributed by atoms with Crippen molar-refractivity contribution in [2.24, 2.45) is 18.9 Å². The molecule has 2 fully saturated rings. The first-order valence-corrected chi connectivity index (χ1v) is 7.04. The van der Waals surface area contributed by atoms with Crippen LogP contribution in [0.2, 0.25) is 0 Å². The zero-order valence-corrected chi connectivity index (χ0v) is 11.7. The fraction of sp³-hybridized carbons (Fsp3) is 0.500. The molecule has 1 aliphatic heterocycles. The number of nitrogens with one attached hydrogen (secondary N) is 2. The summed E-state index contributed by atoms with van der Waals surface area (Å²) in [6.07, 6.45) is 1.98. The molecule has 2 N–H and O–H groups in total. The smallest absolute Gasteiger partial charge is 0.148 e. The monoisotopic (exact) mass is 270 g/mol. The molecular weight excluding hydrogens is 252 g/mol. The van der Waals surface area contributed by atoms with Gasteiger partial charge >= 0.3 is 0 Å². The first-order valence-electron chi connectivity index (χ1n) is 7.04. The van der Waals surface area contributed by atoms with Gasteiger partial charge in [-0.3, -0.25) is 4.68 Å². The Morgan fingerprint density at radius 2 is 2.05 bits per heavy atom. The molecule has 2 aliphatic rings. The van der Waals surface area contributed by atoms with E-state index in [9.17, 15) is 0 Å². The van der Waals surface area contributed by atoms with Crippen molar-refractivity contribution in [3.8, 4) is 11.3 Å². The Morgan fingerprint density at radius 1 is 1.25 bits per heavy atom. The van der Waals surface area contributed by atoms with Crippen molar-refractivity contribution < 1.29 is 0 Å². The standard InChI is InChI=1S/C14H18N6/c1-8-11(7-20(2)19-8)12-3-4-13(18-17-12)16-14-9-5-15-6-10(9)14/h3-4,7,9-10,14-15H,5-6H2,1-2H3,(H,16,18)/t9-,10+,14?. The largest absolute Gasteiger partial charge is 0.365 e. The third-order valence-corrected chi connectivity index (χ3v) is 4.36. The molecule has 2 aromatic heterocycles. The van der Waals surface area contributed by atoms with Crippen LogP contribution in [-0.4, -0.2) is 39.1 Å². The van der Waals surface area contributed by atoms with Crippen LogP contribution >= 0.6 is 0 Å². The van der Waals surface area contributed by atoms with E-state index in [1.54, 1.807) is 4.68 Å². The molecule has 3 heterocycles. The highest BCUT2D eigenvalue weighted by atomic mass is 15.3. The van der Waals surface area contributed by atoms with E-state index in [4.69, 9.17) is 0 Å². The Kier molecular flexibility index (Phi) is 2.53. The zero-order valence-electron chi connectivity index (χ0n) is 11.7. The van der Waals surface area contributed by atoms with Crippen molar-refractivity contribution in [2.75, 3.05) is 18.4 Å². The second-order valence-corrected chi connectivity index (χ2v) is 5.76. The molecule has 0 bridgehead atoms. The minimum atomic E-state index is 0.580. The molecular formula is C14H18N6. The number of piperidine rings is 1. The van der Waals surface area contributed by atoms with Crippen LogP contribution in [0.3, 0.4) is 0 Å². The van der Waals surface area contributed by atoms with Gasteiger partial charge in [0.1, 0.15) is 5.82 Å². The Labute approximate surface area is 117 Å². The Balaban J connectivity index is 1.50. The quantitative estimate of drug-likeness (QED) is 0.864. The minimum Gasteiger partial charge on any atom is -0.365 e. The van der Waals surface area contributed by atoms with Gasteiger partial charge in [-0.2, -0.15) is 5.10 Å².